The van der Waals surface area contributed by atoms with E-state index in [1.54, 1.807) is 12.1 Å². The van der Waals surface area contributed by atoms with Crippen LogP contribution < -0.4 is 4.74 Å². The second kappa shape index (κ2) is 6.17. The molecular weight excluding hydrogens is 328 g/mol. The second-order valence-electron chi connectivity index (χ2n) is 5.03. The number of nitrogens with zero attached hydrogens (tertiary/aromatic N) is 3. The molecule has 2 aromatic rings. The SMILES string of the molecule is O=S(=O)(c1ccc(F)cc1F)N1CCC(Oc2cccnn2)C1. The van der Waals surface area contributed by atoms with Gasteiger partial charge in [0.05, 0.1) is 6.54 Å². The third-order valence-corrected chi connectivity index (χ3v) is 5.35. The summed E-state index contributed by atoms with van der Waals surface area (Å²) in [5.74, 6) is -1.64. The van der Waals surface area contributed by atoms with E-state index in [1.165, 1.54) is 6.20 Å². The molecule has 0 saturated carbocycles. The monoisotopic (exact) mass is 341 g/mol. The topological polar surface area (TPSA) is 72.4 Å². The Morgan fingerprint density at radius 3 is 2.78 bits per heavy atom. The van der Waals surface area contributed by atoms with Gasteiger partial charge in [-0.15, -0.1) is 5.10 Å². The van der Waals surface area contributed by atoms with Crippen LogP contribution in [0.2, 0.25) is 0 Å². The van der Waals surface area contributed by atoms with E-state index in [-0.39, 0.29) is 13.1 Å². The molecule has 0 radical (unpaired) electrons. The Bertz CT molecular complexity index is 802. The fraction of sp³-hybridized carbons (Fsp3) is 0.286. The standard InChI is InChI=1S/C14H13F2N3O3S/c15-10-3-4-13(12(16)8-10)23(20,21)19-7-5-11(9-19)22-14-2-1-6-17-18-14/h1-4,6,8,11H,5,7,9H2. The molecular formula is C14H13F2N3O3S. The van der Waals surface area contributed by atoms with Crippen LogP contribution in [0.15, 0.2) is 41.4 Å². The Kier molecular flexibility index (Phi) is 4.22. The average Bonchev–Trinajstić information content (AvgIpc) is 2.97. The van der Waals surface area contributed by atoms with E-state index in [9.17, 15) is 17.2 Å². The fourth-order valence-corrected chi connectivity index (χ4v) is 3.89. The first-order chi connectivity index (χ1) is 11.0. The van der Waals surface area contributed by atoms with Gasteiger partial charge in [-0.3, -0.25) is 0 Å². The molecule has 0 N–H and O–H groups in total. The highest BCUT2D eigenvalue weighted by Gasteiger charge is 2.35. The Morgan fingerprint density at radius 1 is 1.26 bits per heavy atom. The minimum absolute atomic E-state index is 0.0652. The molecule has 23 heavy (non-hydrogen) atoms. The number of hydrogen-bond acceptors (Lipinski definition) is 5. The van der Waals surface area contributed by atoms with Gasteiger partial charge >= 0.3 is 0 Å². The van der Waals surface area contributed by atoms with Gasteiger partial charge in [-0.2, -0.15) is 9.40 Å². The lowest BCUT2D eigenvalue weighted by Gasteiger charge is -2.17. The zero-order chi connectivity index (χ0) is 16.4. The molecule has 9 heteroatoms. The van der Waals surface area contributed by atoms with Crippen molar-refractivity contribution in [3.63, 3.8) is 0 Å². The lowest BCUT2D eigenvalue weighted by atomic mass is 10.3. The number of ether oxygens (including phenoxy) is 1. The molecule has 1 fully saturated rings. The largest absolute Gasteiger partial charge is 0.472 e. The average molecular weight is 341 g/mol. The number of sulfonamides is 1. The number of rotatable bonds is 4. The predicted molar refractivity (Wildman–Crippen MR) is 76.2 cm³/mol. The second-order valence-corrected chi connectivity index (χ2v) is 6.93. The van der Waals surface area contributed by atoms with Crippen LogP contribution in [0.1, 0.15) is 6.42 Å². The van der Waals surface area contributed by atoms with Gasteiger partial charge in [0.2, 0.25) is 15.9 Å². The van der Waals surface area contributed by atoms with Crippen molar-refractivity contribution in [1.29, 1.82) is 0 Å². The van der Waals surface area contributed by atoms with Gasteiger partial charge in [-0.25, -0.2) is 17.2 Å². The van der Waals surface area contributed by atoms with Crippen LogP contribution in [0.5, 0.6) is 5.88 Å². The van der Waals surface area contributed by atoms with E-state index in [0.29, 0.717) is 18.4 Å². The maximum atomic E-state index is 13.7. The van der Waals surface area contributed by atoms with Crippen LogP contribution in [0.4, 0.5) is 8.78 Å². The number of aromatic nitrogens is 2. The summed E-state index contributed by atoms with van der Waals surface area (Å²) in [6.07, 6.45) is 1.54. The summed E-state index contributed by atoms with van der Waals surface area (Å²) >= 11 is 0. The van der Waals surface area contributed by atoms with Crippen molar-refractivity contribution in [1.82, 2.24) is 14.5 Å². The maximum absolute atomic E-state index is 13.7. The minimum Gasteiger partial charge on any atom is -0.472 e. The van der Waals surface area contributed by atoms with Crippen molar-refractivity contribution in [2.45, 2.75) is 17.4 Å². The molecule has 1 unspecified atom stereocenters. The summed E-state index contributed by atoms with van der Waals surface area (Å²) in [6.45, 7) is 0.250. The summed E-state index contributed by atoms with van der Waals surface area (Å²) in [7, 11) is -4.04. The predicted octanol–water partition coefficient (Wildman–Crippen LogP) is 1.60. The van der Waals surface area contributed by atoms with Crippen LogP contribution in [0.3, 0.4) is 0 Å². The van der Waals surface area contributed by atoms with Crippen molar-refractivity contribution in [2.24, 2.45) is 0 Å². The van der Waals surface area contributed by atoms with Gasteiger partial charge < -0.3 is 4.74 Å². The van der Waals surface area contributed by atoms with Gasteiger partial charge in [0, 0.05) is 24.9 Å². The third kappa shape index (κ3) is 3.30. The number of hydrogen-bond donors (Lipinski definition) is 0. The highest BCUT2D eigenvalue weighted by Crippen LogP contribution is 2.25. The molecule has 122 valence electrons. The van der Waals surface area contributed by atoms with E-state index in [2.05, 4.69) is 10.2 Å². The normalized spacial score (nSPS) is 19.0. The quantitative estimate of drug-likeness (QED) is 0.845. The first kappa shape index (κ1) is 15.8. The minimum atomic E-state index is -4.04. The smallest absolute Gasteiger partial charge is 0.246 e. The lowest BCUT2D eigenvalue weighted by Crippen LogP contribution is -2.31. The summed E-state index contributed by atoms with van der Waals surface area (Å²) in [6, 6.07) is 5.66. The molecule has 1 aromatic carbocycles. The molecule has 1 aliphatic heterocycles. The van der Waals surface area contributed by atoms with Gasteiger partial charge in [0.1, 0.15) is 22.6 Å². The number of halogens is 2. The van der Waals surface area contributed by atoms with Crippen molar-refractivity contribution in [2.75, 3.05) is 13.1 Å². The Balaban J connectivity index is 1.75. The molecule has 0 amide bonds. The molecule has 1 aliphatic rings. The van der Waals surface area contributed by atoms with Gasteiger partial charge in [-0.05, 0) is 24.6 Å². The summed E-state index contributed by atoms with van der Waals surface area (Å²) < 4.78 is 58.2. The highest BCUT2D eigenvalue weighted by atomic mass is 32.2. The van der Waals surface area contributed by atoms with E-state index in [1.807, 2.05) is 0 Å². The molecule has 6 nitrogen and oxygen atoms in total. The van der Waals surface area contributed by atoms with Crippen LogP contribution >= 0.6 is 0 Å². The van der Waals surface area contributed by atoms with Gasteiger partial charge in [0.15, 0.2) is 0 Å². The third-order valence-electron chi connectivity index (χ3n) is 3.45. The van der Waals surface area contributed by atoms with Crippen molar-refractivity contribution >= 4 is 10.0 Å². The van der Waals surface area contributed by atoms with Crippen molar-refractivity contribution in [3.05, 3.63) is 48.2 Å². The maximum Gasteiger partial charge on any atom is 0.246 e. The van der Waals surface area contributed by atoms with E-state index in [4.69, 9.17) is 4.74 Å². The van der Waals surface area contributed by atoms with Crippen LogP contribution in [0, 0.1) is 11.6 Å². The fourth-order valence-electron chi connectivity index (χ4n) is 2.36. The Hall–Kier alpha value is -2.13. The molecule has 2 heterocycles. The van der Waals surface area contributed by atoms with E-state index in [0.717, 1.165) is 16.4 Å². The molecule has 3 rings (SSSR count). The molecule has 0 bridgehead atoms. The molecule has 0 spiro atoms. The van der Waals surface area contributed by atoms with Crippen molar-refractivity contribution in [3.8, 4) is 5.88 Å². The zero-order valence-corrected chi connectivity index (χ0v) is 12.7. The summed E-state index contributed by atoms with van der Waals surface area (Å²) in [5, 5.41) is 7.44. The summed E-state index contributed by atoms with van der Waals surface area (Å²) in [4.78, 5) is -0.543. The number of benzene rings is 1. The van der Waals surface area contributed by atoms with Crippen LogP contribution in [0.25, 0.3) is 0 Å². The molecule has 1 aromatic heterocycles. The zero-order valence-electron chi connectivity index (χ0n) is 11.9. The molecule has 1 saturated heterocycles. The molecule has 1 atom stereocenters. The first-order valence-electron chi connectivity index (χ1n) is 6.86. The Morgan fingerprint density at radius 2 is 2.09 bits per heavy atom. The Labute approximate surface area is 131 Å². The van der Waals surface area contributed by atoms with E-state index < -0.39 is 32.7 Å². The highest BCUT2D eigenvalue weighted by molar-refractivity contribution is 7.89. The van der Waals surface area contributed by atoms with Crippen molar-refractivity contribution < 1.29 is 21.9 Å². The van der Waals surface area contributed by atoms with E-state index >= 15 is 0 Å². The summed E-state index contributed by atoms with van der Waals surface area (Å²) in [5.41, 5.74) is 0. The van der Waals surface area contributed by atoms with Crippen LogP contribution in [-0.4, -0.2) is 42.1 Å². The van der Waals surface area contributed by atoms with Crippen LogP contribution in [-0.2, 0) is 10.0 Å². The lowest BCUT2D eigenvalue weighted by molar-refractivity contribution is 0.204. The van der Waals surface area contributed by atoms with Gasteiger partial charge in [-0.1, -0.05) is 0 Å². The first-order valence-corrected chi connectivity index (χ1v) is 8.30. The van der Waals surface area contributed by atoms with Gasteiger partial charge in [0.25, 0.3) is 0 Å². The molecule has 0 aliphatic carbocycles.